The summed E-state index contributed by atoms with van der Waals surface area (Å²) in [6.45, 7) is 8.09. The lowest BCUT2D eigenvalue weighted by atomic mass is 9.94. The molecule has 0 bridgehead atoms. The molecule has 0 spiro atoms. The number of oxime groups is 2. The molecule has 172 valence electrons. The number of pyridine rings is 2. The van der Waals surface area contributed by atoms with Crippen LogP contribution < -0.4 is 0 Å². The fraction of sp³-hybridized carbons (Fsp3) is 0.478. The summed E-state index contributed by atoms with van der Waals surface area (Å²) in [6, 6.07) is 5.29. The zero-order valence-electron chi connectivity index (χ0n) is 18.7. The number of halogens is 3. The van der Waals surface area contributed by atoms with Crippen LogP contribution >= 0.6 is 23.2 Å². The number of aryl methyl sites for hydroxylation is 2. The highest BCUT2D eigenvalue weighted by molar-refractivity contribution is 6.34. The first-order chi connectivity index (χ1) is 15.2. The fourth-order valence-electron chi connectivity index (χ4n) is 3.20. The minimum atomic E-state index is -0.609. The lowest BCUT2D eigenvalue weighted by Gasteiger charge is -2.22. The van der Waals surface area contributed by atoms with Crippen molar-refractivity contribution >= 4 is 34.6 Å². The van der Waals surface area contributed by atoms with Crippen molar-refractivity contribution in [3.8, 4) is 0 Å². The molecule has 0 aromatic carbocycles. The van der Waals surface area contributed by atoms with Crippen LogP contribution in [0.25, 0.3) is 0 Å². The van der Waals surface area contributed by atoms with Gasteiger partial charge in [-0.3, -0.25) is 9.97 Å². The van der Waals surface area contributed by atoms with Crippen molar-refractivity contribution in [2.75, 3.05) is 13.2 Å². The predicted octanol–water partition coefficient (Wildman–Crippen LogP) is 5.71. The first-order valence-corrected chi connectivity index (χ1v) is 11.3. The summed E-state index contributed by atoms with van der Waals surface area (Å²) in [5.41, 5.74) is 3.75. The number of alkyl halides is 1. The number of hydrogen-bond donors (Lipinski definition) is 0. The third-order valence-corrected chi connectivity index (χ3v) is 5.34. The molecule has 0 saturated heterocycles. The maximum Gasteiger partial charge on any atom is 0.152 e. The van der Waals surface area contributed by atoms with E-state index in [1.165, 1.54) is 11.8 Å². The van der Waals surface area contributed by atoms with E-state index in [1.807, 2.05) is 26.8 Å². The van der Waals surface area contributed by atoms with E-state index in [2.05, 4.69) is 26.3 Å². The van der Waals surface area contributed by atoms with Crippen LogP contribution in [-0.4, -0.2) is 40.0 Å². The van der Waals surface area contributed by atoms with E-state index in [9.17, 15) is 4.39 Å². The van der Waals surface area contributed by atoms with Gasteiger partial charge in [-0.15, -0.1) is 11.6 Å². The number of rotatable bonds is 8. The summed E-state index contributed by atoms with van der Waals surface area (Å²) in [4.78, 5) is 19.8. The van der Waals surface area contributed by atoms with Crippen LogP contribution in [0.4, 0.5) is 4.39 Å². The molecule has 2 aromatic heterocycles. The first kappa shape index (κ1) is 24.4. The molecule has 1 aliphatic carbocycles. The van der Waals surface area contributed by atoms with Crippen molar-refractivity contribution in [3.63, 3.8) is 0 Å². The van der Waals surface area contributed by atoms with Crippen LogP contribution in [0.1, 0.15) is 56.3 Å². The minimum Gasteiger partial charge on any atom is -0.395 e. The summed E-state index contributed by atoms with van der Waals surface area (Å²) in [5.74, 6) is -0.609. The summed E-state index contributed by atoms with van der Waals surface area (Å²) in [7, 11) is 0. The van der Waals surface area contributed by atoms with Crippen molar-refractivity contribution in [3.05, 3.63) is 57.9 Å². The zero-order valence-corrected chi connectivity index (χ0v) is 20.2. The Morgan fingerprint density at radius 2 is 2.00 bits per heavy atom. The molecule has 6 nitrogen and oxygen atoms in total. The Kier molecular flexibility index (Phi) is 8.06. The van der Waals surface area contributed by atoms with Gasteiger partial charge in [0.2, 0.25) is 0 Å². The van der Waals surface area contributed by atoms with Gasteiger partial charge in [0.15, 0.2) is 5.82 Å². The normalized spacial score (nSPS) is 16.6. The third-order valence-electron chi connectivity index (χ3n) is 4.93. The lowest BCUT2D eigenvalue weighted by molar-refractivity contribution is -0.000253. The Balaban J connectivity index is 1.62. The summed E-state index contributed by atoms with van der Waals surface area (Å²) < 4.78 is 14.2. The molecule has 9 heteroatoms. The molecule has 3 rings (SSSR count). The molecule has 0 radical (unpaired) electrons. The lowest BCUT2D eigenvalue weighted by Crippen LogP contribution is -2.25. The maximum atomic E-state index is 14.2. The van der Waals surface area contributed by atoms with Gasteiger partial charge in [-0.25, -0.2) is 4.39 Å². The van der Waals surface area contributed by atoms with E-state index < -0.39 is 16.6 Å². The monoisotopic (exact) mass is 480 g/mol. The molecule has 1 aliphatic rings. The van der Waals surface area contributed by atoms with Crippen LogP contribution in [0.2, 0.25) is 5.02 Å². The smallest absolute Gasteiger partial charge is 0.152 e. The van der Waals surface area contributed by atoms with Gasteiger partial charge >= 0.3 is 0 Å². The van der Waals surface area contributed by atoms with Crippen LogP contribution in [0.15, 0.2) is 34.7 Å². The molecule has 0 amide bonds. The standard InChI is InChI=1S/C23H27Cl2FN4O2/c1-14-8-9-16-6-5-7-19(21(16)28-14)29-31-12-23(3,4)13-32-30-20(15(2)24)22-18(26)10-17(25)11-27-22/h8-11,15H,5-7,12-13H2,1-4H3. The highest BCUT2D eigenvalue weighted by atomic mass is 35.5. The molecule has 2 aromatic rings. The zero-order chi connectivity index (χ0) is 23.3. The molecule has 0 saturated carbocycles. The Morgan fingerprint density at radius 1 is 1.25 bits per heavy atom. The number of nitrogens with zero attached hydrogens (tertiary/aromatic N) is 4. The van der Waals surface area contributed by atoms with E-state index >= 15 is 0 Å². The van der Waals surface area contributed by atoms with E-state index in [1.54, 1.807) is 6.92 Å². The summed E-state index contributed by atoms with van der Waals surface area (Å²) >= 11 is 11.9. The molecule has 2 heterocycles. The van der Waals surface area contributed by atoms with Crippen LogP contribution in [-0.2, 0) is 16.1 Å². The maximum absolute atomic E-state index is 14.2. The molecule has 1 atom stereocenters. The second-order valence-corrected chi connectivity index (χ2v) is 9.73. The Hall–Kier alpha value is -2.25. The van der Waals surface area contributed by atoms with E-state index in [-0.39, 0.29) is 23.0 Å². The van der Waals surface area contributed by atoms with E-state index in [0.717, 1.165) is 42.4 Å². The second kappa shape index (κ2) is 10.6. The number of aromatic nitrogens is 2. The first-order valence-electron chi connectivity index (χ1n) is 10.5. The fourth-order valence-corrected chi connectivity index (χ4v) is 3.49. The van der Waals surface area contributed by atoms with Gasteiger partial charge in [-0.1, -0.05) is 41.8 Å². The predicted molar refractivity (Wildman–Crippen MR) is 125 cm³/mol. The van der Waals surface area contributed by atoms with Gasteiger partial charge in [-0.2, -0.15) is 0 Å². The van der Waals surface area contributed by atoms with Gasteiger partial charge in [0, 0.05) is 17.3 Å². The highest BCUT2D eigenvalue weighted by Gasteiger charge is 2.23. The average Bonchev–Trinajstić information content (AvgIpc) is 2.72. The Bertz CT molecular complexity index is 1030. The van der Waals surface area contributed by atoms with E-state index in [4.69, 9.17) is 32.9 Å². The van der Waals surface area contributed by atoms with Crippen molar-refractivity contribution < 1.29 is 14.1 Å². The quantitative estimate of drug-likeness (QED) is 0.275. The van der Waals surface area contributed by atoms with Crippen LogP contribution in [0.3, 0.4) is 0 Å². The Labute approximate surface area is 197 Å². The van der Waals surface area contributed by atoms with Gasteiger partial charge in [0.05, 0.1) is 16.1 Å². The molecule has 0 N–H and O–H groups in total. The minimum absolute atomic E-state index is 0.0103. The molecule has 0 fully saturated rings. The largest absolute Gasteiger partial charge is 0.395 e. The molecule has 0 aliphatic heterocycles. The van der Waals surface area contributed by atoms with Crippen molar-refractivity contribution in [2.45, 2.75) is 52.3 Å². The van der Waals surface area contributed by atoms with Gasteiger partial charge in [-0.05, 0) is 50.8 Å². The van der Waals surface area contributed by atoms with Gasteiger partial charge < -0.3 is 9.68 Å². The molecule has 1 unspecified atom stereocenters. The highest BCUT2D eigenvalue weighted by Crippen LogP contribution is 2.22. The molecular weight excluding hydrogens is 454 g/mol. The second-order valence-electron chi connectivity index (χ2n) is 8.64. The van der Waals surface area contributed by atoms with E-state index in [0.29, 0.717) is 6.61 Å². The topological polar surface area (TPSA) is 69.0 Å². The Morgan fingerprint density at radius 3 is 2.72 bits per heavy atom. The summed E-state index contributed by atoms with van der Waals surface area (Å²) in [6.07, 6.45) is 4.20. The molecular formula is C23H27Cl2FN4O2. The third kappa shape index (κ3) is 6.39. The van der Waals surface area contributed by atoms with Crippen LogP contribution in [0, 0.1) is 18.2 Å². The van der Waals surface area contributed by atoms with Gasteiger partial charge in [0.25, 0.3) is 0 Å². The SMILES string of the molecule is Cc1ccc2c(n1)C(=NOCC(C)(C)CON=C(c1ncc(Cl)cc1F)C(C)Cl)CCC2. The van der Waals surface area contributed by atoms with Crippen LogP contribution in [0.5, 0.6) is 0 Å². The number of fused-ring (bicyclic) bond motifs is 1. The van der Waals surface area contributed by atoms with Crippen molar-refractivity contribution in [2.24, 2.45) is 15.7 Å². The van der Waals surface area contributed by atoms with Gasteiger partial charge in [0.1, 0.15) is 30.3 Å². The van der Waals surface area contributed by atoms with Crippen molar-refractivity contribution in [1.82, 2.24) is 9.97 Å². The summed E-state index contributed by atoms with van der Waals surface area (Å²) in [5, 5.41) is 7.99. The number of hydrogen-bond acceptors (Lipinski definition) is 6. The molecule has 32 heavy (non-hydrogen) atoms. The average molecular weight is 481 g/mol. The van der Waals surface area contributed by atoms with Crippen molar-refractivity contribution in [1.29, 1.82) is 0 Å².